The summed E-state index contributed by atoms with van der Waals surface area (Å²) in [6, 6.07) is 23.9. The third-order valence-electron chi connectivity index (χ3n) is 4.78. The molecule has 0 atom stereocenters. The van der Waals surface area contributed by atoms with Gasteiger partial charge in [0, 0.05) is 17.3 Å². The Balaban J connectivity index is 1.61. The van der Waals surface area contributed by atoms with E-state index in [1.807, 2.05) is 36.4 Å². The van der Waals surface area contributed by atoms with E-state index in [-0.39, 0.29) is 22.2 Å². The summed E-state index contributed by atoms with van der Waals surface area (Å²) in [4.78, 5) is 30.1. The fraction of sp³-hybridized carbons (Fsp3) is 0.0800. The van der Waals surface area contributed by atoms with Crippen LogP contribution in [0.1, 0.15) is 5.56 Å². The van der Waals surface area contributed by atoms with E-state index in [9.17, 15) is 22.8 Å². The number of anilines is 1. The first-order valence-corrected chi connectivity index (χ1v) is 11.1. The van der Waals surface area contributed by atoms with Gasteiger partial charge in [-0.1, -0.05) is 66.4 Å². The van der Waals surface area contributed by atoms with Gasteiger partial charge in [-0.2, -0.15) is 13.2 Å². The van der Waals surface area contributed by atoms with Crippen LogP contribution in [0.25, 0.3) is 16.9 Å². The Morgan fingerprint density at radius 1 is 0.912 bits per heavy atom. The maximum absolute atomic E-state index is 13.0. The van der Waals surface area contributed by atoms with Gasteiger partial charge in [0.25, 0.3) is 5.56 Å². The summed E-state index contributed by atoms with van der Waals surface area (Å²) in [5, 5.41) is 2.76. The third kappa shape index (κ3) is 5.55. The lowest BCUT2D eigenvalue weighted by Gasteiger charge is -2.14. The number of thioether (sulfide) groups is 1. The van der Waals surface area contributed by atoms with Gasteiger partial charge in [0.2, 0.25) is 5.91 Å². The van der Waals surface area contributed by atoms with E-state index in [4.69, 9.17) is 0 Å². The van der Waals surface area contributed by atoms with E-state index in [1.54, 1.807) is 24.3 Å². The predicted molar refractivity (Wildman–Crippen MR) is 126 cm³/mol. The molecule has 0 fully saturated rings. The molecule has 0 spiro atoms. The molecular weight excluding hydrogens is 463 g/mol. The number of hydrogen-bond donors (Lipinski definition) is 1. The van der Waals surface area contributed by atoms with Crippen LogP contribution >= 0.6 is 11.8 Å². The maximum Gasteiger partial charge on any atom is 0.416 e. The minimum atomic E-state index is -4.51. The quantitative estimate of drug-likeness (QED) is 0.286. The van der Waals surface area contributed by atoms with Crippen molar-refractivity contribution in [2.24, 2.45) is 0 Å². The minimum absolute atomic E-state index is 0.0341. The van der Waals surface area contributed by atoms with Crippen LogP contribution in [-0.2, 0) is 11.0 Å². The van der Waals surface area contributed by atoms with Gasteiger partial charge in [0.1, 0.15) is 0 Å². The van der Waals surface area contributed by atoms with E-state index < -0.39 is 17.6 Å². The average molecular weight is 481 g/mol. The molecule has 0 aliphatic rings. The number of nitrogens with one attached hydrogen (secondary N) is 1. The van der Waals surface area contributed by atoms with Crippen molar-refractivity contribution in [3.8, 4) is 16.9 Å². The van der Waals surface area contributed by atoms with Gasteiger partial charge in [0.05, 0.1) is 22.7 Å². The van der Waals surface area contributed by atoms with Crippen molar-refractivity contribution >= 4 is 23.4 Å². The minimum Gasteiger partial charge on any atom is -0.325 e. The van der Waals surface area contributed by atoms with E-state index in [0.29, 0.717) is 11.4 Å². The molecule has 34 heavy (non-hydrogen) atoms. The van der Waals surface area contributed by atoms with Gasteiger partial charge < -0.3 is 5.32 Å². The number of amides is 1. The zero-order valence-electron chi connectivity index (χ0n) is 17.6. The lowest BCUT2D eigenvalue weighted by atomic mass is 10.1. The SMILES string of the molecule is O=C(CSc1nc(-c2ccccc2)cc(=O)n1-c1ccccc1)Nc1cccc(C(F)(F)F)c1. The summed E-state index contributed by atoms with van der Waals surface area (Å²) >= 11 is 1.02. The highest BCUT2D eigenvalue weighted by molar-refractivity contribution is 7.99. The van der Waals surface area contributed by atoms with Crippen molar-refractivity contribution in [3.63, 3.8) is 0 Å². The first-order valence-electron chi connectivity index (χ1n) is 10.2. The Hall–Kier alpha value is -3.85. The molecule has 0 saturated heterocycles. The zero-order valence-corrected chi connectivity index (χ0v) is 18.4. The topological polar surface area (TPSA) is 64.0 Å². The molecule has 3 aromatic carbocycles. The maximum atomic E-state index is 13.0. The second-order valence-corrected chi connectivity index (χ2v) is 8.16. The number of nitrogens with zero attached hydrogens (tertiary/aromatic N) is 2. The summed E-state index contributed by atoms with van der Waals surface area (Å²) < 4.78 is 40.2. The number of para-hydroxylation sites is 1. The number of halogens is 3. The smallest absolute Gasteiger partial charge is 0.325 e. The zero-order chi connectivity index (χ0) is 24.1. The molecule has 4 rings (SSSR count). The second kappa shape index (κ2) is 9.96. The Labute approximate surface area is 197 Å². The average Bonchev–Trinajstić information content (AvgIpc) is 2.83. The van der Waals surface area contributed by atoms with E-state index in [0.717, 1.165) is 29.5 Å². The number of alkyl halides is 3. The fourth-order valence-electron chi connectivity index (χ4n) is 3.23. The van der Waals surface area contributed by atoms with Gasteiger partial charge >= 0.3 is 6.18 Å². The standard InChI is InChI=1S/C25H18F3N3O2S/c26-25(27,28)18-10-7-11-19(14-18)29-22(32)16-34-24-30-21(17-8-3-1-4-9-17)15-23(33)31(24)20-12-5-2-6-13-20/h1-15H,16H2,(H,29,32). The summed E-state index contributed by atoms with van der Waals surface area (Å²) in [6.07, 6.45) is -4.51. The van der Waals surface area contributed by atoms with Crippen LogP contribution in [0.15, 0.2) is 101 Å². The largest absolute Gasteiger partial charge is 0.416 e. The van der Waals surface area contributed by atoms with Crippen molar-refractivity contribution in [1.82, 2.24) is 9.55 Å². The van der Waals surface area contributed by atoms with Crippen molar-refractivity contribution in [1.29, 1.82) is 0 Å². The molecule has 1 amide bonds. The number of carbonyl (C=O) groups is 1. The van der Waals surface area contributed by atoms with Crippen LogP contribution < -0.4 is 10.9 Å². The summed E-state index contributed by atoms with van der Waals surface area (Å²) in [6.45, 7) is 0. The number of carbonyl (C=O) groups excluding carboxylic acids is 1. The van der Waals surface area contributed by atoms with E-state index in [2.05, 4.69) is 10.3 Å². The van der Waals surface area contributed by atoms with Crippen LogP contribution in [-0.4, -0.2) is 21.2 Å². The van der Waals surface area contributed by atoms with E-state index >= 15 is 0 Å². The third-order valence-corrected chi connectivity index (χ3v) is 5.72. The van der Waals surface area contributed by atoms with Gasteiger partial charge in [0.15, 0.2) is 5.16 Å². The number of benzene rings is 3. The van der Waals surface area contributed by atoms with Crippen molar-refractivity contribution in [2.75, 3.05) is 11.1 Å². The Bertz CT molecular complexity index is 1360. The number of hydrogen-bond acceptors (Lipinski definition) is 4. The van der Waals surface area contributed by atoms with Crippen molar-refractivity contribution in [2.45, 2.75) is 11.3 Å². The number of rotatable bonds is 6. The second-order valence-electron chi connectivity index (χ2n) is 7.21. The first kappa shape index (κ1) is 23.3. The first-order chi connectivity index (χ1) is 16.3. The summed E-state index contributed by atoms with van der Waals surface area (Å²) in [5.41, 5.74) is 0.648. The van der Waals surface area contributed by atoms with Crippen LogP contribution in [0.5, 0.6) is 0 Å². The lowest BCUT2D eigenvalue weighted by Crippen LogP contribution is -2.22. The predicted octanol–water partition coefficient (Wildman–Crippen LogP) is 5.65. The molecule has 0 aliphatic carbocycles. The molecule has 9 heteroatoms. The van der Waals surface area contributed by atoms with Crippen LogP contribution in [0.4, 0.5) is 18.9 Å². The highest BCUT2D eigenvalue weighted by Crippen LogP contribution is 2.31. The van der Waals surface area contributed by atoms with Gasteiger partial charge in [-0.3, -0.25) is 14.2 Å². The molecule has 0 bridgehead atoms. The Morgan fingerprint density at radius 3 is 2.26 bits per heavy atom. The summed E-state index contributed by atoms with van der Waals surface area (Å²) in [5.74, 6) is -0.684. The lowest BCUT2D eigenvalue weighted by molar-refractivity contribution is -0.137. The summed E-state index contributed by atoms with van der Waals surface area (Å²) in [7, 11) is 0. The van der Waals surface area contributed by atoms with Crippen molar-refractivity contribution < 1.29 is 18.0 Å². The molecule has 0 aliphatic heterocycles. The molecule has 1 N–H and O–H groups in total. The van der Waals surface area contributed by atoms with Crippen LogP contribution in [0.3, 0.4) is 0 Å². The van der Waals surface area contributed by atoms with Crippen LogP contribution in [0, 0.1) is 0 Å². The molecule has 0 unspecified atom stereocenters. The molecule has 172 valence electrons. The molecule has 5 nitrogen and oxygen atoms in total. The molecule has 0 radical (unpaired) electrons. The number of aromatic nitrogens is 2. The molecule has 0 saturated carbocycles. The Morgan fingerprint density at radius 2 is 1.59 bits per heavy atom. The van der Waals surface area contributed by atoms with Crippen LogP contribution in [0.2, 0.25) is 0 Å². The molecular formula is C25H18F3N3O2S. The Kier molecular flexibility index (Phi) is 6.83. The molecule has 4 aromatic rings. The molecule has 1 heterocycles. The highest BCUT2D eigenvalue weighted by Gasteiger charge is 2.30. The van der Waals surface area contributed by atoms with Gasteiger partial charge in [-0.25, -0.2) is 4.98 Å². The van der Waals surface area contributed by atoms with Gasteiger partial charge in [-0.15, -0.1) is 0 Å². The normalized spacial score (nSPS) is 11.3. The van der Waals surface area contributed by atoms with Crippen molar-refractivity contribution in [3.05, 3.63) is 107 Å². The fourth-order valence-corrected chi connectivity index (χ4v) is 4.05. The van der Waals surface area contributed by atoms with E-state index in [1.165, 1.54) is 22.8 Å². The van der Waals surface area contributed by atoms with Gasteiger partial charge in [-0.05, 0) is 30.3 Å². The monoisotopic (exact) mass is 481 g/mol. The highest BCUT2D eigenvalue weighted by atomic mass is 32.2. The molecule has 1 aromatic heterocycles.